The Morgan fingerprint density at radius 1 is 1.16 bits per heavy atom. The van der Waals surface area contributed by atoms with Crippen LogP contribution in [-0.4, -0.2) is 17.9 Å². The summed E-state index contributed by atoms with van der Waals surface area (Å²) in [6.45, 7) is 0. The van der Waals surface area contributed by atoms with Crippen LogP contribution in [0.5, 0.6) is 0 Å². The topological polar surface area (TPSA) is 54.0 Å². The van der Waals surface area contributed by atoms with Crippen molar-refractivity contribution in [2.24, 2.45) is 0 Å². The largest absolute Gasteiger partial charge is 0.373 e. The quantitative estimate of drug-likeness (QED) is 0.895. The van der Waals surface area contributed by atoms with Crippen LogP contribution >= 0.6 is 0 Å². The minimum atomic E-state index is -0.749. The van der Waals surface area contributed by atoms with Crippen molar-refractivity contribution in [3.05, 3.63) is 53.7 Å². The van der Waals surface area contributed by atoms with Gasteiger partial charge in [-0.15, -0.1) is 0 Å². The van der Waals surface area contributed by atoms with Gasteiger partial charge in [0, 0.05) is 30.6 Å². The van der Waals surface area contributed by atoms with Crippen molar-refractivity contribution >= 4 is 17.4 Å². The van der Waals surface area contributed by atoms with Crippen LogP contribution < -0.4 is 10.6 Å². The molecule has 0 bridgehead atoms. The molecule has 0 aliphatic heterocycles. The number of carbonyl (C=O) groups is 1. The Morgan fingerprint density at radius 2 is 1.84 bits per heavy atom. The van der Waals surface area contributed by atoms with Gasteiger partial charge in [-0.05, 0) is 24.3 Å². The molecule has 2 aromatic rings. The summed E-state index contributed by atoms with van der Waals surface area (Å²) >= 11 is 0. The number of hydrogen-bond acceptors (Lipinski definition) is 3. The molecule has 0 fully saturated rings. The highest BCUT2D eigenvalue weighted by molar-refractivity contribution is 6.04. The van der Waals surface area contributed by atoms with E-state index in [2.05, 4.69) is 15.6 Å². The molecule has 1 aromatic carbocycles. The second-order valence-electron chi connectivity index (χ2n) is 3.79. The Labute approximate surface area is 108 Å². The Kier molecular flexibility index (Phi) is 3.70. The minimum absolute atomic E-state index is 0.0605. The third-order valence-corrected chi connectivity index (χ3v) is 2.40. The highest BCUT2D eigenvalue weighted by Crippen LogP contribution is 2.15. The summed E-state index contributed by atoms with van der Waals surface area (Å²) in [6.07, 6.45) is 1.47. The lowest BCUT2D eigenvalue weighted by atomic mass is 10.2. The highest BCUT2D eigenvalue weighted by Gasteiger charge is 2.08. The maximum atomic E-state index is 13.0. The van der Waals surface area contributed by atoms with Gasteiger partial charge >= 0.3 is 0 Å². The van der Waals surface area contributed by atoms with E-state index in [4.69, 9.17) is 0 Å². The molecule has 19 heavy (non-hydrogen) atoms. The Hall–Kier alpha value is -2.50. The number of pyridine rings is 1. The Balaban J connectivity index is 2.20. The average molecular weight is 263 g/mol. The zero-order valence-corrected chi connectivity index (χ0v) is 10.1. The van der Waals surface area contributed by atoms with E-state index in [1.54, 1.807) is 7.05 Å². The van der Waals surface area contributed by atoms with Gasteiger partial charge in [0.2, 0.25) is 0 Å². The van der Waals surface area contributed by atoms with Crippen LogP contribution in [0, 0.1) is 11.6 Å². The number of nitrogens with one attached hydrogen (secondary N) is 2. The van der Waals surface area contributed by atoms with Gasteiger partial charge in [-0.25, -0.2) is 13.8 Å². The molecule has 0 unspecified atom stereocenters. The molecular weight excluding hydrogens is 252 g/mol. The lowest BCUT2D eigenvalue weighted by Crippen LogP contribution is -2.12. The third kappa shape index (κ3) is 3.25. The smallest absolute Gasteiger partial charge is 0.255 e. The molecule has 4 nitrogen and oxygen atoms in total. The maximum absolute atomic E-state index is 13.0. The number of amides is 1. The van der Waals surface area contributed by atoms with Gasteiger partial charge in [-0.3, -0.25) is 4.79 Å². The van der Waals surface area contributed by atoms with Gasteiger partial charge < -0.3 is 10.6 Å². The molecule has 0 saturated carbocycles. The van der Waals surface area contributed by atoms with Gasteiger partial charge in [0.25, 0.3) is 5.91 Å². The number of carbonyl (C=O) groups excluding carboxylic acids is 1. The summed E-state index contributed by atoms with van der Waals surface area (Å²) < 4.78 is 26.0. The maximum Gasteiger partial charge on any atom is 0.255 e. The van der Waals surface area contributed by atoms with Gasteiger partial charge in [-0.2, -0.15) is 0 Å². The van der Waals surface area contributed by atoms with E-state index in [9.17, 15) is 13.6 Å². The summed E-state index contributed by atoms with van der Waals surface area (Å²) in [7, 11) is 1.67. The van der Waals surface area contributed by atoms with Crippen molar-refractivity contribution in [3.8, 4) is 0 Å². The summed E-state index contributed by atoms with van der Waals surface area (Å²) in [5.74, 6) is -1.44. The predicted octanol–water partition coefficient (Wildman–Crippen LogP) is 2.65. The van der Waals surface area contributed by atoms with Crippen molar-refractivity contribution in [1.29, 1.82) is 0 Å². The van der Waals surface area contributed by atoms with Gasteiger partial charge in [-0.1, -0.05) is 0 Å². The molecule has 0 aliphatic carbocycles. The molecule has 0 radical (unpaired) electrons. The number of aromatic nitrogens is 1. The first kappa shape index (κ1) is 12.9. The highest BCUT2D eigenvalue weighted by atomic mass is 19.1. The molecule has 98 valence electrons. The fraction of sp³-hybridized carbons (Fsp3) is 0.0769. The first-order valence-corrected chi connectivity index (χ1v) is 5.50. The van der Waals surface area contributed by atoms with Gasteiger partial charge in [0.1, 0.15) is 17.5 Å². The van der Waals surface area contributed by atoms with Crippen molar-refractivity contribution in [3.63, 3.8) is 0 Å². The zero-order chi connectivity index (χ0) is 13.8. The molecule has 1 amide bonds. The van der Waals surface area contributed by atoms with Crippen LogP contribution in [-0.2, 0) is 0 Å². The Morgan fingerprint density at radius 3 is 2.47 bits per heavy atom. The van der Waals surface area contributed by atoms with Crippen LogP contribution in [0.4, 0.5) is 20.3 Å². The van der Waals surface area contributed by atoms with E-state index in [1.165, 1.54) is 18.3 Å². The van der Waals surface area contributed by atoms with Crippen molar-refractivity contribution in [2.45, 2.75) is 0 Å². The van der Waals surface area contributed by atoms with E-state index < -0.39 is 17.5 Å². The first-order valence-electron chi connectivity index (χ1n) is 5.50. The normalized spacial score (nSPS) is 10.1. The van der Waals surface area contributed by atoms with Crippen LogP contribution in [0.1, 0.15) is 10.4 Å². The lowest BCUT2D eigenvalue weighted by molar-refractivity contribution is 0.102. The number of nitrogens with zero attached hydrogens (tertiary/aromatic N) is 1. The van der Waals surface area contributed by atoms with E-state index in [0.29, 0.717) is 11.4 Å². The molecule has 0 aliphatic rings. The molecule has 0 spiro atoms. The molecular formula is C13H11F2N3O. The average Bonchev–Trinajstić information content (AvgIpc) is 2.37. The monoisotopic (exact) mass is 263 g/mol. The number of rotatable bonds is 3. The second-order valence-corrected chi connectivity index (χ2v) is 3.79. The van der Waals surface area contributed by atoms with Crippen molar-refractivity contribution < 1.29 is 13.6 Å². The fourth-order valence-electron chi connectivity index (χ4n) is 1.54. The molecule has 0 atom stereocenters. The van der Waals surface area contributed by atoms with Crippen LogP contribution in [0.3, 0.4) is 0 Å². The standard InChI is InChI=1S/C13H11F2N3O/c1-16-12-4-8(2-3-17-12)13(19)18-11-6-9(14)5-10(15)7-11/h2-7H,1H3,(H,16,17)(H,18,19). The van der Waals surface area contributed by atoms with E-state index >= 15 is 0 Å². The van der Waals surface area contributed by atoms with Gasteiger partial charge in [0.15, 0.2) is 0 Å². The van der Waals surface area contributed by atoms with Gasteiger partial charge in [0.05, 0.1) is 0 Å². The zero-order valence-electron chi connectivity index (χ0n) is 10.1. The second kappa shape index (κ2) is 5.43. The molecule has 6 heteroatoms. The number of anilines is 2. The summed E-state index contributed by atoms with van der Waals surface area (Å²) in [5, 5.41) is 5.21. The van der Waals surface area contributed by atoms with E-state index in [0.717, 1.165) is 18.2 Å². The SMILES string of the molecule is CNc1cc(C(=O)Nc2cc(F)cc(F)c2)ccn1. The third-order valence-electron chi connectivity index (χ3n) is 2.40. The summed E-state index contributed by atoms with van der Waals surface area (Å²) in [4.78, 5) is 15.9. The molecule has 1 aromatic heterocycles. The Bertz CT molecular complexity index is 596. The summed E-state index contributed by atoms with van der Waals surface area (Å²) in [5.41, 5.74) is 0.398. The van der Waals surface area contributed by atoms with E-state index in [-0.39, 0.29) is 5.69 Å². The van der Waals surface area contributed by atoms with Crippen LogP contribution in [0.2, 0.25) is 0 Å². The number of benzene rings is 1. The minimum Gasteiger partial charge on any atom is -0.373 e. The van der Waals surface area contributed by atoms with E-state index in [1.807, 2.05) is 0 Å². The first-order chi connectivity index (χ1) is 9.08. The predicted molar refractivity (Wildman–Crippen MR) is 68.1 cm³/mol. The molecule has 2 N–H and O–H groups in total. The molecule has 1 heterocycles. The number of halogens is 2. The van der Waals surface area contributed by atoms with Crippen LogP contribution in [0.15, 0.2) is 36.5 Å². The lowest BCUT2D eigenvalue weighted by Gasteiger charge is -2.06. The van der Waals surface area contributed by atoms with Crippen LogP contribution in [0.25, 0.3) is 0 Å². The number of hydrogen-bond donors (Lipinski definition) is 2. The fourth-order valence-corrected chi connectivity index (χ4v) is 1.54. The molecule has 0 saturated heterocycles. The summed E-state index contributed by atoms with van der Waals surface area (Å²) in [6, 6.07) is 5.86. The van der Waals surface area contributed by atoms with Crippen molar-refractivity contribution in [1.82, 2.24) is 4.98 Å². The van der Waals surface area contributed by atoms with Crippen molar-refractivity contribution in [2.75, 3.05) is 17.7 Å². The molecule has 2 rings (SSSR count).